The van der Waals surface area contributed by atoms with E-state index >= 15 is 0 Å². The topological polar surface area (TPSA) is 62.7 Å². The summed E-state index contributed by atoms with van der Waals surface area (Å²) in [6.07, 6.45) is 0. The number of para-hydroxylation sites is 1. The van der Waals surface area contributed by atoms with Crippen LogP contribution in [0.3, 0.4) is 0 Å². The van der Waals surface area contributed by atoms with Crippen molar-refractivity contribution in [1.29, 1.82) is 0 Å². The van der Waals surface area contributed by atoms with E-state index in [0.717, 1.165) is 11.3 Å². The molecule has 0 saturated heterocycles. The van der Waals surface area contributed by atoms with Gasteiger partial charge in [-0.1, -0.05) is 29.8 Å². The van der Waals surface area contributed by atoms with Crippen LogP contribution in [0.2, 0.25) is 5.15 Å². The highest BCUT2D eigenvalue weighted by atomic mass is 35.5. The highest BCUT2D eigenvalue weighted by Crippen LogP contribution is 2.28. The molecule has 6 heteroatoms. The second kappa shape index (κ2) is 5.61. The molecular weight excluding hydrogens is 292 g/mol. The van der Waals surface area contributed by atoms with Crippen molar-refractivity contribution < 1.29 is 14.6 Å². The number of hydrogen-bond donors (Lipinski definition) is 1. The van der Waals surface area contributed by atoms with Gasteiger partial charge in [-0.05, 0) is 18.2 Å². The molecule has 0 atom stereocenters. The normalized spacial score (nSPS) is 14.0. The van der Waals surface area contributed by atoms with Crippen molar-refractivity contribution in [2.75, 3.05) is 18.1 Å². The van der Waals surface area contributed by atoms with Gasteiger partial charge in [-0.2, -0.15) is 0 Å². The number of carbonyl (C=O) groups is 1. The minimum absolute atomic E-state index is 0.138. The molecule has 1 aliphatic heterocycles. The first-order valence-corrected chi connectivity index (χ1v) is 6.88. The predicted octanol–water partition coefficient (Wildman–Crippen LogP) is 2.83. The molecule has 108 valence electrons. The number of aromatic carboxylic acids is 1. The van der Waals surface area contributed by atoms with Crippen molar-refractivity contribution in [3.63, 3.8) is 0 Å². The van der Waals surface area contributed by atoms with Gasteiger partial charge in [-0.3, -0.25) is 0 Å². The molecule has 1 aromatic heterocycles. The maximum atomic E-state index is 11.4. The number of pyridine rings is 1. The van der Waals surface area contributed by atoms with Gasteiger partial charge in [0.25, 0.3) is 0 Å². The minimum atomic E-state index is -1.02. The molecule has 0 aliphatic carbocycles. The van der Waals surface area contributed by atoms with Gasteiger partial charge in [0.05, 0.1) is 6.54 Å². The SMILES string of the molecule is O=C(O)c1ccc(Cl)nc1N1CCOc2ccccc2C1. The molecule has 2 heterocycles. The average molecular weight is 305 g/mol. The molecule has 1 aromatic carbocycles. The lowest BCUT2D eigenvalue weighted by Gasteiger charge is -2.22. The highest BCUT2D eigenvalue weighted by Gasteiger charge is 2.21. The van der Waals surface area contributed by atoms with Gasteiger partial charge >= 0.3 is 5.97 Å². The lowest BCUT2D eigenvalue weighted by atomic mass is 10.1. The number of benzene rings is 1. The van der Waals surface area contributed by atoms with Crippen LogP contribution < -0.4 is 9.64 Å². The van der Waals surface area contributed by atoms with E-state index in [0.29, 0.717) is 25.5 Å². The first-order valence-electron chi connectivity index (χ1n) is 6.50. The quantitative estimate of drug-likeness (QED) is 0.864. The van der Waals surface area contributed by atoms with Crippen LogP contribution in [0.1, 0.15) is 15.9 Å². The zero-order chi connectivity index (χ0) is 14.8. The molecule has 0 saturated carbocycles. The van der Waals surface area contributed by atoms with Crippen molar-refractivity contribution in [2.24, 2.45) is 0 Å². The van der Waals surface area contributed by atoms with E-state index in [1.807, 2.05) is 29.2 Å². The summed E-state index contributed by atoms with van der Waals surface area (Å²) in [6, 6.07) is 10.7. The fourth-order valence-corrected chi connectivity index (χ4v) is 2.48. The van der Waals surface area contributed by atoms with Gasteiger partial charge in [0.1, 0.15) is 28.9 Å². The number of nitrogens with zero attached hydrogens (tertiary/aromatic N) is 2. The summed E-state index contributed by atoms with van der Waals surface area (Å²) >= 11 is 5.92. The number of hydrogen-bond acceptors (Lipinski definition) is 4. The summed E-state index contributed by atoms with van der Waals surface area (Å²) in [5.74, 6) is 0.168. The predicted molar refractivity (Wildman–Crippen MR) is 79.2 cm³/mol. The van der Waals surface area contributed by atoms with Crippen molar-refractivity contribution in [1.82, 2.24) is 4.98 Å². The standard InChI is InChI=1S/C15H13ClN2O3/c16-13-6-5-11(15(19)20)14(17-13)18-7-8-21-12-4-2-1-3-10(12)9-18/h1-6H,7-9H2,(H,19,20). The third kappa shape index (κ3) is 2.78. The Morgan fingerprint density at radius 1 is 1.29 bits per heavy atom. The first-order chi connectivity index (χ1) is 10.1. The Labute approximate surface area is 126 Å². The van der Waals surface area contributed by atoms with E-state index in [2.05, 4.69) is 4.98 Å². The van der Waals surface area contributed by atoms with E-state index in [4.69, 9.17) is 16.3 Å². The van der Waals surface area contributed by atoms with Crippen LogP contribution in [0.4, 0.5) is 5.82 Å². The molecule has 5 nitrogen and oxygen atoms in total. The largest absolute Gasteiger partial charge is 0.491 e. The Hall–Kier alpha value is -2.27. The molecule has 1 aliphatic rings. The second-order valence-electron chi connectivity index (χ2n) is 4.69. The van der Waals surface area contributed by atoms with E-state index in [-0.39, 0.29) is 10.7 Å². The molecule has 1 N–H and O–H groups in total. The lowest BCUT2D eigenvalue weighted by molar-refractivity contribution is 0.0697. The number of fused-ring (bicyclic) bond motifs is 1. The fraction of sp³-hybridized carbons (Fsp3) is 0.200. The van der Waals surface area contributed by atoms with Gasteiger partial charge in [-0.15, -0.1) is 0 Å². The number of aromatic nitrogens is 1. The monoisotopic (exact) mass is 304 g/mol. The average Bonchev–Trinajstić information content (AvgIpc) is 2.68. The van der Waals surface area contributed by atoms with Crippen LogP contribution >= 0.6 is 11.6 Å². The smallest absolute Gasteiger partial charge is 0.339 e. The van der Waals surface area contributed by atoms with E-state index in [1.165, 1.54) is 12.1 Å². The zero-order valence-electron chi connectivity index (χ0n) is 11.1. The summed E-state index contributed by atoms with van der Waals surface area (Å²) in [5, 5.41) is 9.58. The van der Waals surface area contributed by atoms with Crippen LogP contribution in [-0.2, 0) is 6.54 Å². The number of carboxylic acid groups (broad SMARTS) is 1. The zero-order valence-corrected chi connectivity index (χ0v) is 11.9. The fourth-order valence-electron chi connectivity index (χ4n) is 2.34. The second-order valence-corrected chi connectivity index (χ2v) is 5.08. The Morgan fingerprint density at radius 3 is 2.90 bits per heavy atom. The molecule has 0 spiro atoms. The molecule has 0 bridgehead atoms. The van der Waals surface area contributed by atoms with Crippen molar-refractivity contribution >= 4 is 23.4 Å². The maximum Gasteiger partial charge on any atom is 0.339 e. The van der Waals surface area contributed by atoms with Crippen LogP contribution in [0.25, 0.3) is 0 Å². The molecular formula is C15H13ClN2O3. The number of halogens is 1. The third-order valence-electron chi connectivity index (χ3n) is 3.32. The van der Waals surface area contributed by atoms with E-state index < -0.39 is 5.97 Å². The van der Waals surface area contributed by atoms with Gasteiger partial charge < -0.3 is 14.7 Å². The summed E-state index contributed by atoms with van der Waals surface area (Å²) in [6.45, 7) is 1.54. The molecule has 0 unspecified atom stereocenters. The molecule has 21 heavy (non-hydrogen) atoms. The van der Waals surface area contributed by atoms with Crippen molar-refractivity contribution in [3.05, 3.63) is 52.7 Å². The summed E-state index contributed by atoms with van der Waals surface area (Å²) < 4.78 is 5.68. The van der Waals surface area contributed by atoms with Crippen LogP contribution in [0, 0.1) is 0 Å². The summed E-state index contributed by atoms with van der Waals surface area (Å²) in [5.41, 5.74) is 1.13. The van der Waals surface area contributed by atoms with E-state index in [9.17, 15) is 9.90 Å². The highest BCUT2D eigenvalue weighted by molar-refractivity contribution is 6.29. The summed E-state index contributed by atoms with van der Waals surface area (Å²) in [7, 11) is 0. The van der Waals surface area contributed by atoms with Crippen LogP contribution in [0.15, 0.2) is 36.4 Å². The van der Waals surface area contributed by atoms with Gasteiger partial charge in [-0.25, -0.2) is 9.78 Å². The first kappa shape index (κ1) is 13.7. The Kier molecular flexibility index (Phi) is 3.66. The van der Waals surface area contributed by atoms with E-state index in [1.54, 1.807) is 0 Å². The molecule has 3 rings (SSSR count). The molecule has 0 radical (unpaired) electrons. The molecule has 0 fully saturated rings. The minimum Gasteiger partial charge on any atom is -0.491 e. The van der Waals surface area contributed by atoms with Crippen molar-refractivity contribution in [3.8, 4) is 5.75 Å². The Balaban J connectivity index is 2.01. The van der Waals surface area contributed by atoms with Crippen molar-refractivity contribution in [2.45, 2.75) is 6.54 Å². The third-order valence-corrected chi connectivity index (χ3v) is 3.53. The number of anilines is 1. The lowest BCUT2D eigenvalue weighted by Crippen LogP contribution is -2.28. The number of ether oxygens (including phenoxy) is 1. The Bertz CT molecular complexity index is 690. The Morgan fingerprint density at radius 2 is 2.10 bits per heavy atom. The van der Waals surface area contributed by atoms with Crippen LogP contribution in [0.5, 0.6) is 5.75 Å². The summed E-state index contributed by atoms with van der Waals surface area (Å²) in [4.78, 5) is 17.4. The van der Waals surface area contributed by atoms with Gasteiger partial charge in [0, 0.05) is 12.1 Å². The van der Waals surface area contributed by atoms with Gasteiger partial charge in [0.2, 0.25) is 0 Å². The maximum absolute atomic E-state index is 11.4. The number of rotatable bonds is 2. The van der Waals surface area contributed by atoms with Crippen LogP contribution in [-0.4, -0.2) is 29.2 Å². The molecule has 0 amide bonds. The number of carboxylic acids is 1. The molecule has 2 aromatic rings. The van der Waals surface area contributed by atoms with Gasteiger partial charge in [0.15, 0.2) is 0 Å².